The number of furan rings is 4. The standard InChI is InChI=1S/C68H34N4O4.C2H6/c69-35-37-29-42(36-70)66(72-54-26-20-39(41-18-22-48-44-10-2-6-14-59(44)74-63(48)34-41)32-52(54)65-56(72)28-24-50-46-12-4-8-16-61(46)76-68(50)65)57(30-37)71-53-25-19-38(40-17-21-47-43-9-1-5-13-58(43)73-62(47)33-40)31-51(53)64-55(71)27-23-49-45-11-3-7-15-60(45)75-67(49)64;1-2/h1-34H;1-2H3. The minimum absolute atomic E-state index is 0.340. The van der Waals surface area contributed by atoms with Gasteiger partial charge in [-0.05, 0) is 131 Å². The van der Waals surface area contributed by atoms with E-state index in [0.717, 1.165) is 154 Å². The van der Waals surface area contributed by atoms with Crippen LogP contribution < -0.4 is 0 Å². The molecule has 0 spiro atoms. The molecule has 0 radical (unpaired) electrons. The molecule has 0 saturated carbocycles. The Morgan fingerprint density at radius 3 is 1.19 bits per heavy atom. The number of nitrogens with zero attached hydrogens (tertiary/aromatic N) is 4. The summed E-state index contributed by atoms with van der Waals surface area (Å²) in [6.07, 6.45) is 0. The van der Waals surface area contributed by atoms with Gasteiger partial charge in [0.05, 0.1) is 61.4 Å². The van der Waals surface area contributed by atoms with E-state index in [9.17, 15) is 10.5 Å². The smallest absolute Gasteiger partial charge is 0.145 e. The lowest BCUT2D eigenvalue weighted by Crippen LogP contribution is -2.07. The quantitative estimate of drug-likeness (QED) is 0.174. The van der Waals surface area contributed by atoms with Crippen LogP contribution in [0.1, 0.15) is 25.0 Å². The largest absolute Gasteiger partial charge is 0.456 e. The molecule has 17 aromatic rings. The van der Waals surface area contributed by atoms with E-state index in [-0.39, 0.29) is 0 Å². The molecule has 6 heterocycles. The number of nitriles is 2. The van der Waals surface area contributed by atoms with Gasteiger partial charge in [-0.15, -0.1) is 0 Å². The van der Waals surface area contributed by atoms with Crippen molar-refractivity contribution in [2.24, 2.45) is 0 Å². The zero-order chi connectivity index (χ0) is 51.9. The van der Waals surface area contributed by atoms with E-state index in [2.05, 4.69) is 143 Å². The number of hydrogen-bond acceptors (Lipinski definition) is 6. The average Bonchev–Trinajstić information content (AvgIpc) is 4.54. The van der Waals surface area contributed by atoms with Crippen LogP contribution in [0.25, 0.3) is 165 Å². The van der Waals surface area contributed by atoms with E-state index in [4.69, 9.17) is 17.7 Å². The molecule has 364 valence electrons. The summed E-state index contributed by atoms with van der Waals surface area (Å²) in [5.41, 5.74) is 15.8. The topological polar surface area (TPSA) is 110 Å². The molecule has 6 aromatic heterocycles. The van der Waals surface area contributed by atoms with Crippen molar-refractivity contribution in [3.8, 4) is 45.8 Å². The summed E-state index contributed by atoms with van der Waals surface area (Å²) in [7, 11) is 0. The molecule has 0 aliphatic carbocycles. The number of fused-ring (bicyclic) bond motifs is 20. The van der Waals surface area contributed by atoms with Crippen LogP contribution in [0.15, 0.2) is 224 Å². The minimum Gasteiger partial charge on any atom is -0.456 e. The lowest BCUT2D eigenvalue weighted by Gasteiger charge is -2.19. The Balaban J connectivity index is 0.00000252. The predicted molar refractivity (Wildman–Crippen MR) is 316 cm³/mol. The maximum atomic E-state index is 11.4. The van der Waals surface area contributed by atoms with Gasteiger partial charge in [-0.1, -0.05) is 111 Å². The van der Waals surface area contributed by atoms with Crippen LogP contribution in [0.4, 0.5) is 0 Å². The molecule has 0 saturated heterocycles. The lowest BCUT2D eigenvalue weighted by molar-refractivity contribution is 0.668. The number of aromatic nitrogens is 2. The third kappa shape index (κ3) is 6.02. The maximum Gasteiger partial charge on any atom is 0.145 e. The van der Waals surface area contributed by atoms with E-state index in [1.54, 1.807) is 6.07 Å². The van der Waals surface area contributed by atoms with Gasteiger partial charge in [0.15, 0.2) is 0 Å². The summed E-state index contributed by atoms with van der Waals surface area (Å²) in [6, 6.07) is 75.4. The van der Waals surface area contributed by atoms with E-state index in [1.165, 1.54) is 0 Å². The third-order valence-corrected chi connectivity index (χ3v) is 15.8. The van der Waals surface area contributed by atoms with Crippen LogP contribution in [0.3, 0.4) is 0 Å². The highest BCUT2D eigenvalue weighted by atomic mass is 16.3. The maximum absolute atomic E-state index is 11.4. The Labute approximate surface area is 443 Å². The molecule has 17 rings (SSSR count). The molecule has 0 N–H and O–H groups in total. The summed E-state index contributed by atoms with van der Waals surface area (Å²) in [4.78, 5) is 0. The lowest BCUT2D eigenvalue weighted by atomic mass is 10.0. The fraction of sp³-hybridized carbons (Fsp3) is 0.0286. The highest BCUT2D eigenvalue weighted by molar-refractivity contribution is 6.26. The molecule has 11 aromatic carbocycles. The summed E-state index contributed by atoms with van der Waals surface area (Å²) >= 11 is 0. The first-order valence-corrected chi connectivity index (χ1v) is 26.2. The van der Waals surface area contributed by atoms with Gasteiger partial charge in [0.1, 0.15) is 50.7 Å². The van der Waals surface area contributed by atoms with Crippen LogP contribution in [-0.4, -0.2) is 9.13 Å². The Morgan fingerprint density at radius 2 is 0.705 bits per heavy atom. The van der Waals surface area contributed by atoms with E-state index < -0.39 is 0 Å². The van der Waals surface area contributed by atoms with Crippen LogP contribution >= 0.6 is 0 Å². The second-order valence-corrected chi connectivity index (χ2v) is 19.7. The van der Waals surface area contributed by atoms with Gasteiger partial charge in [-0.3, -0.25) is 0 Å². The molecule has 78 heavy (non-hydrogen) atoms. The monoisotopic (exact) mass is 1000 g/mol. The van der Waals surface area contributed by atoms with Crippen molar-refractivity contribution in [1.82, 2.24) is 9.13 Å². The van der Waals surface area contributed by atoms with Gasteiger partial charge in [0.2, 0.25) is 0 Å². The molecule has 0 amide bonds. The summed E-state index contributed by atoms with van der Waals surface area (Å²) in [5.74, 6) is 0. The number of rotatable bonds is 4. The number of para-hydroxylation sites is 4. The molecule has 8 nitrogen and oxygen atoms in total. The fourth-order valence-electron chi connectivity index (χ4n) is 12.4. The highest BCUT2D eigenvalue weighted by Crippen LogP contribution is 2.47. The Bertz CT molecular complexity index is 5520. The van der Waals surface area contributed by atoms with Gasteiger partial charge < -0.3 is 26.8 Å². The molecule has 8 heteroatoms. The molecule has 0 atom stereocenters. The van der Waals surface area contributed by atoms with E-state index in [1.807, 2.05) is 92.7 Å². The Hall–Kier alpha value is -10.8. The van der Waals surface area contributed by atoms with Crippen molar-refractivity contribution in [3.05, 3.63) is 217 Å². The van der Waals surface area contributed by atoms with Crippen molar-refractivity contribution in [3.63, 3.8) is 0 Å². The van der Waals surface area contributed by atoms with Crippen molar-refractivity contribution < 1.29 is 17.7 Å². The molecular weight excluding hydrogens is 961 g/mol. The van der Waals surface area contributed by atoms with Gasteiger partial charge in [0.25, 0.3) is 0 Å². The average molecular weight is 1000 g/mol. The van der Waals surface area contributed by atoms with Gasteiger partial charge in [-0.2, -0.15) is 10.5 Å². The molecule has 0 unspecified atom stereocenters. The van der Waals surface area contributed by atoms with Crippen LogP contribution in [-0.2, 0) is 0 Å². The first-order valence-electron chi connectivity index (χ1n) is 26.2. The van der Waals surface area contributed by atoms with Gasteiger partial charge in [0, 0.05) is 53.9 Å². The Morgan fingerprint density at radius 1 is 0.321 bits per heavy atom. The van der Waals surface area contributed by atoms with Crippen molar-refractivity contribution in [2.45, 2.75) is 13.8 Å². The van der Waals surface area contributed by atoms with E-state index in [0.29, 0.717) is 22.5 Å². The SMILES string of the molecule is CC.N#Cc1cc(C#N)c(-n2c3ccc(-c4ccc5c(c4)oc4ccccc45)cc3c3c4oc5ccccc5c4ccc32)c(-n2c3ccc(-c4ccc5c(c4)oc4ccccc45)cc3c3c4oc5ccccc5c4ccc32)c1. The first kappa shape index (κ1) is 43.6. The molecular formula is C70H40N4O4. The highest BCUT2D eigenvalue weighted by Gasteiger charge is 2.27. The van der Waals surface area contributed by atoms with E-state index >= 15 is 0 Å². The first-order chi connectivity index (χ1) is 38.6. The van der Waals surface area contributed by atoms with Crippen molar-refractivity contribution in [2.75, 3.05) is 0 Å². The zero-order valence-electron chi connectivity index (χ0n) is 42.1. The normalized spacial score (nSPS) is 11.9. The minimum atomic E-state index is 0.340. The summed E-state index contributed by atoms with van der Waals surface area (Å²) < 4.78 is 30.9. The predicted octanol–water partition coefficient (Wildman–Crippen LogP) is 19.6. The second kappa shape index (κ2) is 16.3. The second-order valence-electron chi connectivity index (χ2n) is 19.7. The molecule has 0 aliphatic heterocycles. The Kier molecular flexibility index (Phi) is 9.14. The van der Waals surface area contributed by atoms with Crippen LogP contribution in [0.2, 0.25) is 0 Å². The summed E-state index contributed by atoms with van der Waals surface area (Å²) in [6.45, 7) is 4.00. The van der Waals surface area contributed by atoms with Gasteiger partial charge in [-0.25, -0.2) is 0 Å². The number of benzene rings is 11. The van der Waals surface area contributed by atoms with Gasteiger partial charge >= 0.3 is 0 Å². The fourth-order valence-corrected chi connectivity index (χ4v) is 12.4. The van der Waals surface area contributed by atoms with Crippen molar-refractivity contribution >= 4 is 131 Å². The van der Waals surface area contributed by atoms with Crippen molar-refractivity contribution in [1.29, 1.82) is 10.5 Å². The summed E-state index contributed by atoms with van der Waals surface area (Å²) in [5, 5.41) is 34.2. The van der Waals surface area contributed by atoms with Crippen LogP contribution in [0.5, 0.6) is 0 Å². The van der Waals surface area contributed by atoms with Crippen LogP contribution in [0, 0.1) is 22.7 Å². The molecule has 0 aliphatic rings. The molecule has 0 fully saturated rings. The zero-order valence-corrected chi connectivity index (χ0v) is 42.1. The molecule has 0 bridgehead atoms. The number of hydrogen-bond donors (Lipinski definition) is 0. The third-order valence-electron chi connectivity index (χ3n) is 15.8.